The van der Waals surface area contributed by atoms with Crippen molar-refractivity contribution in [3.63, 3.8) is 0 Å². The average Bonchev–Trinajstić information content (AvgIpc) is 1.63. The van der Waals surface area contributed by atoms with Crippen LogP contribution in [0.3, 0.4) is 0 Å². The van der Waals surface area contributed by atoms with Gasteiger partial charge in [-0.15, -0.1) is 0 Å². The lowest BCUT2D eigenvalue weighted by molar-refractivity contribution is -0.304. The minimum absolute atomic E-state index is 0. The van der Waals surface area contributed by atoms with Crippen LogP contribution < -0.4 is 16.6 Å². The molecule has 0 atom stereocenters. The van der Waals surface area contributed by atoms with Crippen molar-refractivity contribution in [1.29, 1.82) is 0 Å². The lowest BCUT2D eigenvalue weighted by Gasteiger charge is -2.05. The fraction of sp³-hybridized carbons (Fsp3) is 0.750. The Morgan fingerprint density at radius 3 is 2.40 bits per heavy atom. The number of carbonyl (C=O) groups excluding carboxylic acids is 1. The summed E-state index contributed by atoms with van der Waals surface area (Å²) in [7, 11) is 0. The first-order valence-corrected chi connectivity index (χ1v) is 2.39. The van der Waals surface area contributed by atoms with Gasteiger partial charge in [-0.25, -0.2) is 0 Å². The first kappa shape index (κ1) is 12.0. The normalized spacial score (nSPS) is 9.10. The van der Waals surface area contributed by atoms with E-state index in [2.05, 4.69) is 5.32 Å². The number of rotatable bonds is 4. The average molecular weight is 152 g/mol. The van der Waals surface area contributed by atoms with Gasteiger partial charge in [-0.05, 0) is 0 Å². The van der Waals surface area contributed by atoms with Gasteiger partial charge in [0.15, 0.2) is 6.29 Å². The van der Waals surface area contributed by atoms with Crippen LogP contribution in [-0.4, -0.2) is 35.6 Å². The first-order valence-electron chi connectivity index (χ1n) is 2.39. The van der Waals surface area contributed by atoms with E-state index in [0.29, 0.717) is 0 Å². The second-order valence-electron chi connectivity index (χ2n) is 1.48. The third-order valence-corrected chi connectivity index (χ3v) is 0.596. The van der Waals surface area contributed by atoms with E-state index >= 15 is 0 Å². The molecule has 0 saturated heterocycles. The van der Waals surface area contributed by atoms with Gasteiger partial charge in [-0.3, -0.25) is 0 Å². The van der Waals surface area contributed by atoms with E-state index in [1.807, 2.05) is 0 Å². The summed E-state index contributed by atoms with van der Waals surface area (Å²) < 4.78 is 0. The number of quaternary nitrogens is 1. The highest BCUT2D eigenvalue weighted by molar-refractivity contribution is 5.66. The van der Waals surface area contributed by atoms with E-state index in [4.69, 9.17) is 10.2 Å². The molecule has 7 N–H and O–H groups in total. The summed E-state index contributed by atoms with van der Waals surface area (Å²) in [5, 5.41) is 28.2. The molecule has 0 saturated carbocycles. The molecule has 0 spiro atoms. The van der Waals surface area contributed by atoms with E-state index in [1.54, 1.807) is 0 Å². The quantitative estimate of drug-likeness (QED) is 0.319. The zero-order valence-electron chi connectivity index (χ0n) is 5.70. The van der Waals surface area contributed by atoms with E-state index in [-0.39, 0.29) is 19.2 Å². The van der Waals surface area contributed by atoms with Gasteiger partial charge in [-0.2, -0.15) is 0 Å². The van der Waals surface area contributed by atoms with Crippen molar-refractivity contribution in [2.75, 3.05) is 13.1 Å². The Hall–Kier alpha value is -0.690. The van der Waals surface area contributed by atoms with Crippen LogP contribution in [0.1, 0.15) is 0 Å². The molecule has 0 aromatic rings. The summed E-state index contributed by atoms with van der Waals surface area (Å²) in [6, 6.07) is 0. The zero-order valence-corrected chi connectivity index (χ0v) is 5.70. The highest BCUT2D eigenvalue weighted by Gasteiger charge is 1.93. The molecule has 0 aliphatic rings. The summed E-state index contributed by atoms with van der Waals surface area (Å²) in [6.45, 7) is -0.522. The van der Waals surface area contributed by atoms with Crippen LogP contribution in [0.5, 0.6) is 0 Å². The van der Waals surface area contributed by atoms with Gasteiger partial charge >= 0.3 is 0 Å². The highest BCUT2D eigenvalue weighted by Crippen LogP contribution is 1.67. The third-order valence-electron chi connectivity index (χ3n) is 0.596. The summed E-state index contributed by atoms with van der Waals surface area (Å²) in [6.07, 6.45) is -1.51. The van der Waals surface area contributed by atoms with Crippen molar-refractivity contribution in [3.8, 4) is 0 Å². The topological polar surface area (TPSA) is 129 Å². The molecule has 6 nitrogen and oxygen atoms in total. The molecule has 6 heteroatoms. The summed E-state index contributed by atoms with van der Waals surface area (Å²) in [5.74, 6) is -1.27. The van der Waals surface area contributed by atoms with Crippen molar-refractivity contribution >= 4 is 5.97 Å². The number of hydrogen-bond donors (Lipinski definition) is 4. The lowest BCUT2D eigenvalue weighted by Crippen LogP contribution is -2.37. The molecule has 0 aromatic carbocycles. The summed E-state index contributed by atoms with van der Waals surface area (Å²) >= 11 is 0. The Morgan fingerprint density at radius 1 is 1.60 bits per heavy atom. The molecule has 0 rings (SSSR count). The number of carboxylic acid groups (broad SMARTS) is 1. The fourth-order valence-corrected chi connectivity index (χ4v) is 0.303. The maximum absolute atomic E-state index is 9.64. The maximum atomic E-state index is 9.64. The minimum Gasteiger partial charge on any atom is -0.549 e. The summed E-state index contributed by atoms with van der Waals surface area (Å²) in [5.41, 5.74) is 0. The Bertz CT molecular complexity index is 95.3. The fourth-order valence-electron chi connectivity index (χ4n) is 0.303. The second-order valence-corrected chi connectivity index (χ2v) is 1.48. The Morgan fingerprint density at radius 2 is 2.10 bits per heavy atom. The zero-order chi connectivity index (χ0) is 7.28. The number of carboxylic acids is 1. The van der Waals surface area contributed by atoms with Gasteiger partial charge < -0.3 is 31.6 Å². The van der Waals surface area contributed by atoms with Gasteiger partial charge in [0.2, 0.25) is 0 Å². The minimum atomic E-state index is -1.51. The van der Waals surface area contributed by atoms with Crippen LogP contribution in [0.25, 0.3) is 0 Å². The molecule has 0 radical (unpaired) electrons. The number of nitrogens with one attached hydrogen (secondary N) is 1. The molecule has 0 unspecified atom stereocenters. The van der Waals surface area contributed by atoms with E-state index in [9.17, 15) is 9.90 Å². The monoisotopic (exact) mass is 152 g/mol. The Balaban J connectivity index is 0. The Labute approximate surface area is 58.1 Å². The molecule has 0 bridgehead atoms. The molecule has 0 fully saturated rings. The van der Waals surface area contributed by atoms with Crippen molar-refractivity contribution in [3.05, 3.63) is 0 Å². The number of aliphatic carboxylic acids is 1. The van der Waals surface area contributed by atoms with Crippen LogP contribution in [0, 0.1) is 0 Å². The number of aliphatic hydroxyl groups is 2. The van der Waals surface area contributed by atoms with Crippen molar-refractivity contribution in [2.24, 2.45) is 0 Å². The van der Waals surface area contributed by atoms with Crippen LogP contribution in [0.4, 0.5) is 0 Å². The highest BCUT2D eigenvalue weighted by atomic mass is 16.5. The molecule has 0 aliphatic carbocycles. The standard InChI is InChI=1S/C4H9NO4.H3N/c6-3(7)1-5-2-4(8)9;/h3,5-7H,1-2H2,(H,8,9);1H3. The van der Waals surface area contributed by atoms with Gasteiger partial charge in [0.05, 0.1) is 5.97 Å². The van der Waals surface area contributed by atoms with Gasteiger partial charge in [-0.1, -0.05) is 0 Å². The van der Waals surface area contributed by atoms with Crippen LogP contribution in [-0.2, 0) is 4.79 Å². The van der Waals surface area contributed by atoms with Gasteiger partial charge in [0, 0.05) is 13.1 Å². The number of aliphatic hydroxyl groups excluding tert-OH is 1. The van der Waals surface area contributed by atoms with Crippen LogP contribution >= 0.6 is 0 Å². The lowest BCUT2D eigenvalue weighted by atomic mass is 10.6. The Kier molecular flexibility index (Phi) is 7.74. The smallest absolute Gasteiger partial charge is 0.164 e. The molecule has 0 amide bonds. The number of carbonyl (C=O) groups is 1. The van der Waals surface area contributed by atoms with E-state index < -0.39 is 12.3 Å². The molecule has 62 valence electrons. The van der Waals surface area contributed by atoms with Gasteiger partial charge in [0.1, 0.15) is 0 Å². The molecule has 10 heavy (non-hydrogen) atoms. The van der Waals surface area contributed by atoms with E-state index in [1.165, 1.54) is 0 Å². The van der Waals surface area contributed by atoms with E-state index in [0.717, 1.165) is 0 Å². The first-order chi connectivity index (χ1) is 4.13. The molecule has 0 aromatic heterocycles. The predicted molar refractivity (Wildman–Crippen MR) is 32.1 cm³/mol. The van der Waals surface area contributed by atoms with Crippen molar-refractivity contribution in [1.82, 2.24) is 11.5 Å². The second kappa shape index (κ2) is 6.43. The van der Waals surface area contributed by atoms with Crippen LogP contribution in [0.2, 0.25) is 0 Å². The van der Waals surface area contributed by atoms with Crippen molar-refractivity contribution < 1.29 is 20.1 Å². The summed E-state index contributed by atoms with van der Waals surface area (Å²) in [4.78, 5) is 9.64. The van der Waals surface area contributed by atoms with Crippen LogP contribution in [0.15, 0.2) is 0 Å². The maximum Gasteiger partial charge on any atom is 0.164 e. The van der Waals surface area contributed by atoms with Gasteiger partial charge in [0.25, 0.3) is 0 Å². The largest absolute Gasteiger partial charge is 0.549 e. The molecular formula is C4H12N2O4. The molecule has 0 heterocycles. The number of hydrogen-bond acceptors (Lipinski definition) is 5. The third kappa shape index (κ3) is 10.3. The SMILES string of the molecule is O=C([O-])CNCC(O)O.[NH4+]. The molecule has 0 aliphatic heterocycles. The predicted octanol–water partition coefficient (Wildman–Crippen LogP) is -2.99. The van der Waals surface area contributed by atoms with Crippen molar-refractivity contribution in [2.45, 2.75) is 6.29 Å². The molecular weight excluding hydrogens is 140 g/mol.